The fraction of sp³-hybridized carbons (Fsp3) is 1.00. The minimum Gasteiger partial charge on any atom is -0.398 e. The third-order valence-electron chi connectivity index (χ3n) is 3.16. The molecule has 2 nitrogen and oxygen atoms in total. The molecular weight excluding hydrogens is 168 g/mol. The van der Waals surface area contributed by atoms with Crippen LogP contribution in [0.15, 0.2) is 0 Å². The van der Waals surface area contributed by atoms with Crippen LogP contribution in [0.25, 0.3) is 0 Å². The van der Waals surface area contributed by atoms with Crippen molar-refractivity contribution in [3.63, 3.8) is 0 Å². The van der Waals surface area contributed by atoms with Crippen molar-refractivity contribution in [2.45, 2.75) is 44.2 Å². The first-order valence-electron chi connectivity index (χ1n) is 4.83. The first kappa shape index (κ1) is 10.2. The van der Waals surface area contributed by atoms with E-state index in [0.29, 0.717) is 0 Å². The summed E-state index contributed by atoms with van der Waals surface area (Å²) in [6, 6.07) is 0. The second kappa shape index (κ2) is 4.39. The normalized spacial score (nSPS) is 21.2. The Kier molecular flexibility index (Phi) is 3.74. The van der Waals surface area contributed by atoms with Gasteiger partial charge in [0.25, 0.3) is 0 Å². The van der Waals surface area contributed by atoms with Gasteiger partial charge in [-0.1, -0.05) is 19.3 Å². The maximum absolute atomic E-state index is 5.54. The van der Waals surface area contributed by atoms with Crippen molar-refractivity contribution in [3.8, 4) is 0 Å². The van der Waals surface area contributed by atoms with E-state index >= 15 is 0 Å². The summed E-state index contributed by atoms with van der Waals surface area (Å²) in [5, 5.41) is 0. The molecule has 1 fully saturated rings. The minimum absolute atomic E-state index is 0.723. The highest BCUT2D eigenvalue weighted by molar-refractivity contribution is 6.67. The van der Waals surface area contributed by atoms with Gasteiger partial charge in [0, 0.05) is 19.8 Å². The van der Waals surface area contributed by atoms with Crippen molar-refractivity contribution in [2.24, 2.45) is 0 Å². The number of hydrogen-bond acceptors (Lipinski definition) is 2. The molecule has 12 heavy (non-hydrogen) atoms. The van der Waals surface area contributed by atoms with Crippen LogP contribution in [0, 0.1) is 0 Å². The first-order chi connectivity index (χ1) is 5.73. The quantitative estimate of drug-likeness (QED) is 0.634. The summed E-state index contributed by atoms with van der Waals surface area (Å²) in [7, 11) is 1.80. The predicted octanol–water partition coefficient (Wildman–Crippen LogP) is 2.69. The standard InChI is InChI=1S/C9H20O2Si/c1-10-12(3,11-2)9-7-5-4-6-8-9/h9H,4-8H2,1-3H3. The van der Waals surface area contributed by atoms with Gasteiger partial charge >= 0.3 is 8.56 Å². The van der Waals surface area contributed by atoms with Crippen LogP contribution >= 0.6 is 0 Å². The Morgan fingerprint density at radius 2 is 1.50 bits per heavy atom. The average Bonchev–Trinajstić information content (AvgIpc) is 2.18. The van der Waals surface area contributed by atoms with Crippen LogP contribution in [-0.4, -0.2) is 22.8 Å². The molecule has 0 radical (unpaired) electrons. The van der Waals surface area contributed by atoms with E-state index in [0.717, 1.165) is 5.54 Å². The largest absolute Gasteiger partial charge is 0.398 e. The molecule has 3 heteroatoms. The summed E-state index contributed by atoms with van der Waals surface area (Å²) in [5.74, 6) is 0. The molecule has 1 rings (SSSR count). The molecule has 1 aliphatic rings. The smallest absolute Gasteiger partial charge is 0.337 e. The van der Waals surface area contributed by atoms with Crippen molar-refractivity contribution in [1.29, 1.82) is 0 Å². The lowest BCUT2D eigenvalue weighted by molar-refractivity contribution is 0.224. The van der Waals surface area contributed by atoms with E-state index in [9.17, 15) is 0 Å². The average molecular weight is 188 g/mol. The lowest BCUT2D eigenvalue weighted by Crippen LogP contribution is -2.42. The molecule has 0 unspecified atom stereocenters. The summed E-state index contributed by atoms with van der Waals surface area (Å²) in [4.78, 5) is 0. The summed E-state index contributed by atoms with van der Waals surface area (Å²) in [5.41, 5.74) is 0.723. The molecule has 0 saturated heterocycles. The maximum Gasteiger partial charge on any atom is 0.337 e. The van der Waals surface area contributed by atoms with Crippen LogP contribution in [0.1, 0.15) is 32.1 Å². The van der Waals surface area contributed by atoms with Gasteiger partial charge in [0.05, 0.1) is 0 Å². The van der Waals surface area contributed by atoms with Crippen molar-refractivity contribution in [2.75, 3.05) is 14.2 Å². The van der Waals surface area contributed by atoms with E-state index in [-0.39, 0.29) is 0 Å². The van der Waals surface area contributed by atoms with Gasteiger partial charge in [-0.3, -0.25) is 0 Å². The van der Waals surface area contributed by atoms with Crippen LogP contribution in [0.4, 0.5) is 0 Å². The fourth-order valence-corrected chi connectivity index (χ4v) is 4.33. The fourth-order valence-electron chi connectivity index (χ4n) is 2.04. The highest BCUT2D eigenvalue weighted by Crippen LogP contribution is 2.37. The lowest BCUT2D eigenvalue weighted by Gasteiger charge is -2.34. The zero-order valence-electron chi connectivity index (χ0n) is 8.43. The molecule has 0 aromatic carbocycles. The molecular formula is C9H20O2Si. The number of rotatable bonds is 3. The molecule has 1 aliphatic carbocycles. The van der Waals surface area contributed by atoms with Gasteiger partial charge in [-0.2, -0.15) is 0 Å². The summed E-state index contributed by atoms with van der Waals surface area (Å²) in [6.07, 6.45) is 6.74. The monoisotopic (exact) mass is 188 g/mol. The molecule has 0 amide bonds. The van der Waals surface area contributed by atoms with E-state index in [2.05, 4.69) is 6.55 Å². The highest BCUT2D eigenvalue weighted by Gasteiger charge is 2.39. The molecule has 0 bridgehead atoms. The van der Waals surface area contributed by atoms with E-state index in [4.69, 9.17) is 8.85 Å². The maximum atomic E-state index is 5.54. The van der Waals surface area contributed by atoms with Crippen LogP contribution in [0.3, 0.4) is 0 Å². The van der Waals surface area contributed by atoms with Gasteiger partial charge < -0.3 is 8.85 Å². The second-order valence-electron chi connectivity index (χ2n) is 3.76. The molecule has 0 aliphatic heterocycles. The van der Waals surface area contributed by atoms with E-state index in [1.165, 1.54) is 32.1 Å². The summed E-state index contributed by atoms with van der Waals surface area (Å²) in [6.45, 7) is 2.18. The Bertz CT molecular complexity index is 128. The van der Waals surface area contributed by atoms with E-state index < -0.39 is 8.56 Å². The van der Waals surface area contributed by atoms with Gasteiger partial charge in [-0.25, -0.2) is 0 Å². The third kappa shape index (κ3) is 2.09. The van der Waals surface area contributed by atoms with Gasteiger partial charge in [0.2, 0.25) is 0 Å². The van der Waals surface area contributed by atoms with Crippen molar-refractivity contribution in [3.05, 3.63) is 0 Å². The van der Waals surface area contributed by atoms with Gasteiger partial charge in [-0.05, 0) is 19.4 Å². The Morgan fingerprint density at radius 1 is 1.00 bits per heavy atom. The lowest BCUT2D eigenvalue weighted by atomic mass is 10.0. The van der Waals surface area contributed by atoms with E-state index in [1.54, 1.807) is 14.2 Å². The van der Waals surface area contributed by atoms with Crippen LogP contribution < -0.4 is 0 Å². The molecule has 0 atom stereocenters. The van der Waals surface area contributed by atoms with Crippen LogP contribution in [0.2, 0.25) is 12.1 Å². The van der Waals surface area contributed by atoms with Gasteiger partial charge in [0.15, 0.2) is 0 Å². The zero-order chi connectivity index (χ0) is 9.03. The first-order valence-corrected chi connectivity index (χ1v) is 7.22. The summed E-state index contributed by atoms with van der Waals surface area (Å²) < 4.78 is 11.1. The van der Waals surface area contributed by atoms with Gasteiger partial charge in [-0.15, -0.1) is 0 Å². The van der Waals surface area contributed by atoms with Gasteiger partial charge in [0.1, 0.15) is 0 Å². The topological polar surface area (TPSA) is 18.5 Å². The van der Waals surface area contributed by atoms with E-state index in [1.807, 2.05) is 0 Å². The Balaban J connectivity index is 2.51. The van der Waals surface area contributed by atoms with Crippen LogP contribution in [-0.2, 0) is 8.85 Å². The van der Waals surface area contributed by atoms with Crippen molar-refractivity contribution >= 4 is 8.56 Å². The number of hydrogen-bond donors (Lipinski definition) is 0. The highest BCUT2D eigenvalue weighted by atomic mass is 28.4. The van der Waals surface area contributed by atoms with Crippen molar-refractivity contribution in [1.82, 2.24) is 0 Å². The minimum atomic E-state index is -1.80. The Labute approximate surface area is 76.5 Å². The molecule has 0 N–H and O–H groups in total. The SMILES string of the molecule is CO[Si](C)(OC)C1CCCCC1. The molecule has 72 valence electrons. The Hall–Kier alpha value is 0.137. The third-order valence-corrected chi connectivity index (χ3v) is 6.84. The molecule has 0 aromatic heterocycles. The summed E-state index contributed by atoms with van der Waals surface area (Å²) >= 11 is 0. The second-order valence-corrected chi connectivity index (χ2v) is 7.42. The molecule has 1 saturated carbocycles. The van der Waals surface area contributed by atoms with Crippen molar-refractivity contribution < 1.29 is 8.85 Å². The molecule has 0 heterocycles. The molecule has 0 aromatic rings. The Morgan fingerprint density at radius 3 is 1.92 bits per heavy atom. The van der Waals surface area contributed by atoms with Crippen LogP contribution in [0.5, 0.6) is 0 Å². The zero-order valence-corrected chi connectivity index (χ0v) is 9.43. The predicted molar refractivity (Wildman–Crippen MR) is 52.5 cm³/mol. The molecule has 0 spiro atoms.